The van der Waals surface area contributed by atoms with Crippen molar-refractivity contribution in [3.05, 3.63) is 60.2 Å². The smallest absolute Gasteiger partial charge is 0.277 e. The number of nitrogens with zero attached hydrogens (tertiary/aromatic N) is 3. The van der Waals surface area contributed by atoms with Crippen molar-refractivity contribution in [2.75, 3.05) is 5.75 Å². The maximum Gasteiger partial charge on any atom is 0.277 e. The zero-order valence-corrected chi connectivity index (χ0v) is 13.3. The lowest BCUT2D eigenvalue weighted by molar-refractivity contribution is -0.118. The number of amides is 1. The zero-order chi connectivity index (χ0) is 16.8. The van der Waals surface area contributed by atoms with Crippen molar-refractivity contribution in [2.24, 2.45) is 0 Å². The van der Waals surface area contributed by atoms with Gasteiger partial charge in [-0.1, -0.05) is 30.0 Å². The lowest BCUT2D eigenvalue weighted by Gasteiger charge is -2.05. The summed E-state index contributed by atoms with van der Waals surface area (Å²) in [5, 5.41) is 10.7. The van der Waals surface area contributed by atoms with Gasteiger partial charge in [0.2, 0.25) is 11.8 Å². The Kier molecular flexibility index (Phi) is 5.17. The highest BCUT2D eigenvalue weighted by molar-refractivity contribution is 7.99. The molecule has 0 unspecified atom stereocenters. The Balaban J connectivity index is 1.50. The zero-order valence-electron chi connectivity index (χ0n) is 12.5. The molecule has 0 aliphatic rings. The van der Waals surface area contributed by atoms with Gasteiger partial charge in [0.1, 0.15) is 5.82 Å². The van der Waals surface area contributed by atoms with Crippen LogP contribution in [0.15, 0.2) is 58.4 Å². The number of halogens is 1. The van der Waals surface area contributed by atoms with Gasteiger partial charge in [-0.05, 0) is 18.2 Å². The first-order chi connectivity index (χ1) is 11.7. The van der Waals surface area contributed by atoms with Crippen LogP contribution < -0.4 is 5.32 Å². The van der Waals surface area contributed by atoms with Gasteiger partial charge in [0.05, 0.1) is 11.3 Å². The van der Waals surface area contributed by atoms with Gasteiger partial charge in [0.15, 0.2) is 0 Å². The second-order valence-electron chi connectivity index (χ2n) is 4.77. The number of hydrogen-bond donors (Lipinski definition) is 1. The average molecular weight is 344 g/mol. The molecule has 0 bridgehead atoms. The minimum Gasteiger partial charge on any atom is -0.411 e. The molecular weight excluding hydrogens is 331 g/mol. The number of carbonyl (C=O) groups is 1. The highest BCUT2D eigenvalue weighted by atomic mass is 32.2. The van der Waals surface area contributed by atoms with Crippen molar-refractivity contribution in [3.8, 4) is 11.5 Å². The standard InChI is InChI=1S/C16H13FN4O2S/c17-13-6-2-1-4-11(13)9-19-14(22)10-24-16-21-20-15(23-16)12-5-3-7-18-8-12/h1-8H,9-10H2,(H,19,22). The van der Waals surface area contributed by atoms with Crippen molar-refractivity contribution in [1.29, 1.82) is 0 Å². The second-order valence-corrected chi connectivity index (χ2v) is 5.70. The summed E-state index contributed by atoms with van der Waals surface area (Å²) in [5.41, 5.74) is 1.15. The molecule has 0 saturated heterocycles. The summed E-state index contributed by atoms with van der Waals surface area (Å²) < 4.78 is 18.9. The van der Waals surface area contributed by atoms with E-state index >= 15 is 0 Å². The molecule has 3 rings (SSSR count). The number of thioether (sulfide) groups is 1. The van der Waals surface area contributed by atoms with Crippen molar-refractivity contribution < 1.29 is 13.6 Å². The van der Waals surface area contributed by atoms with Gasteiger partial charge in [-0.2, -0.15) is 0 Å². The maximum atomic E-state index is 13.5. The van der Waals surface area contributed by atoms with Crippen LogP contribution >= 0.6 is 11.8 Å². The van der Waals surface area contributed by atoms with Gasteiger partial charge in [0, 0.05) is 24.5 Å². The fraction of sp³-hybridized carbons (Fsp3) is 0.125. The molecule has 8 heteroatoms. The number of pyridine rings is 1. The molecule has 2 aromatic heterocycles. The predicted octanol–water partition coefficient (Wildman–Crippen LogP) is 2.68. The summed E-state index contributed by atoms with van der Waals surface area (Å²) in [6.45, 7) is 0.136. The van der Waals surface area contributed by atoms with Gasteiger partial charge >= 0.3 is 0 Å². The third-order valence-corrected chi connectivity index (χ3v) is 3.89. The van der Waals surface area contributed by atoms with E-state index in [1.165, 1.54) is 6.07 Å². The average Bonchev–Trinajstić information content (AvgIpc) is 3.09. The molecule has 0 aliphatic carbocycles. The number of aromatic nitrogens is 3. The normalized spacial score (nSPS) is 10.5. The SMILES string of the molecule is O=C(CSc1nnc(-c2cccnc2)o1)NCc1ccccc1F. The van der Waals surface area contributed by atoms with Crippen LogP contribution in [-0.4, -0.2) is 26.8 Å². The molecule has 2 heterocycles. The Labute approximate surface area is 141 Å². The Bertz CT molecular complexity index is 826. The van der Waals surface area contributed by atoms with Crippen LogP contribution in [0.3, 0.4) is 0 Å². The van der Waals surface area contributed by atoms with E-state index in [2.05, 4.69) is 20.5 Å². The largest absolute Gasteiger partial charge is 0.411 e. The summed E-state index contributed by atoms with van der Waals surface area (Å²) in [5.74, 6) is -0.145. The minimum absolute atomic E-state index is 0.100. The van der Waals surface area contributed by atoms with Crippen LogP contribution in [0.4, 0.5) is 4.39 Å². The highest BCUT2D eigenvalue weighted by Gasteiger charge is 2.11. The van der Waals surface area contributed by atoms with Crippen LogP contribution in [0.2, 0.25) is 0 Å². The van der Waals surface area contributed by atoms with Crippen molar-refractivity contribution >= 4 is 17.7 Å². The fourth-order valence-electron chi connectivity index (χ4n) is 1.89. The summed E-state index contributed by atoms with van der Waals surface area (Å²) in [4.78, 5) is 15.8. The summed E-state index contributed by atoms with van der Waals surface area (Å²) >= 11 is 1.12. The van der Waals surface area contributed by atoms with Crippen molar-refractivity contribution in [1.82, 2.24) is 20.5 Å². The first kappa shape index (κ1) is 16.1. The number of nitrogens with one attached hydrogen (secondary N) is 1. The topological polar surface area (TPSA) is 80.9 Å². The van der Waals surface area contributed by atoms with E-state index in [0.717, 1.165) is 11.8 Å². The first-order valence-corrected chi connectivity index (χ1v) is 8.08. The van der Waals surface area contributed by atoms with Gasteiger partial charge in [-0.25, -0.2) is 4.39 Å². The molecule has 122 valence electrons. The van der Waals surface area contributed by atoms with Crippen molar-refractivity contribution in [3.63, 3.8) is 0 Å². The van der Waals surface area contributed by atoms with Gasteiger partial charge in [-0.15, -0.1) is 10.2 Å². The monoisotopic (exact) mass is 344 g/mol. The first-order valence-electron chi connectivity index (χ1n) is 7.09. The maximum absolute atomic E-state index is 13.5. The van der Waals surface area contributed by atoms with Crippen LogP contribution in [0, 0.1) is 5.82 Å². The Morgan fingerprint density at radius 2 is 2.08 bits per heavy atom. The van der Waals surface area contributed by atoms with Crippen LogP contribution in [-0.2, 0) is 11.3 Å². The molecule has 3 aromatic rings. The molecule has 0 saturated carbocycles. The van der Waals surface area contributed by atoms with E-state index in [9.17, 15) is 9.18 Å². The summed E-state index contributed by atoms with van der Waals surface area (Å²) in [6.07, 6.45) is 3.26. The van der Waals surface area contributed by atoms with Gasteiger partial charge < -0.3 is 9.73 Å². The quantitative estimate of drug-likeness (QED) is 0.693. The molecule has 0 atom stereocenters. The van der Waals surface area contributed by atoms with Gasteiger partial charge in [-0.3, -0.25) is 9.78 Å². The molecular formula is C16H13FN4O2S. The summed E-state index contributed by atoms with van der Waals surface area (Å²) in [7, 11) is 0. The molecule has 1 N–H and O–H groups in total. The molecule has 0 aliphatic heterocycles. The number of benzene rings is 1. The molecule has 1 amide bonds. The fourth-order valence-corrected chi connectivity index (χ4v) is 2.48. The minimum atomic E-state index is -0.344. The predicted molar refractivity (Wildman–Crippen MR) is 86.5 cm³/mol. The molecule has 0 fully saturated rings. The molecule has 0 spiro atoms. The van der Waals surface area contributed by atoms with E-state index in [4.69, 9.17) is 4.42 Å². The van der Waals surface area contributed by atoms with Crippen molar-refractivity contribution in [2.45, 2.75) is 11.8 Å². The third-order valence-electron chi connectivity index (χ3n) is 3.08. The second kappa shape index (κ2) is 7.69. The van der Waals surface area contributed by atoms with E-state index in [-0.39, 0.29) is 29.2 Å². The van der Waals surface area contributed by atoms with E-state index in [0.29, 0.717) is 17.0 Å². The van der Waals surface area contributed by atoms with E-state index in [1.807, 2.05) is 0 Å². The Morgan fingerprint density at radius 1 is 1.21 bits per heavy atom. The van der Waals surface area contributed by atoms with Crippen LogP contribution in [0.5, 0.6) is 0 Å². The summed E-state index contributed by atoms with van der Waals surface area (Å²) in [6, 6.07) is 9.87. The number of hydrogen-bond acceptors (Lipinski definition) is 6. The lowest BCUT2D eigenvalue weighted by Crippen LogP contribution is -2.25. The lowest BCUT2D eigenvalue weighted by atomic mass is 10.2. The molecule has 24 heavy (non-hydrogen) atoms. The van der Waals surface area contributed by atoms with E-state index < -0.39 is 0 Å². The number of rotatable bonds is 6. The molecule has 1 aromatic carbocycles. The number of carbonyl (C=O) groups excluding carboxylic acids is 1. The highest BCUT2D eigenvalue weighted by Crippen LogP contribution is 2.22. The van der Waals surface area contributed by atoms with Crippen LogP contribution in [0.25, 0.3) is 11.5 Å². The van der Waals surface area contributed by atoms with E-state index in [1.54, 1.807) is 42.7 Å². The van der Waals surface area contributed by atoms with Crippen LogP contribution in [0.1, 0.15) is 5.56 Å². The third kappa shape index (κ3) is 4.17. The Hall–Kier alpha value is -2.74. The van der Waals surface area contributed by atoms with Gasteiger partial charge in [0.25, 0.3) is 5.22 Å². The molecule has 0 radical (unpaired) electrons. The molecule has 6 nitrogen and oxygen atoms in total. The Morgan fingerprint density at radius 3 is 2.88 bits per heavy atom.